The molecular formula is C16H22ClN3S. The van der Waals surface area contributed by atoms with Gasteiger partial charge in [-0.25, -0.2) is 0 Å². The molecule has 5 heteroatoms. The fourth-order valence-electron chi connectivity index (χ4n) is 2.06. The molecule has 0 amide bonds. The standard InChI is InChI=1S/C16H22ClN3S/c1-3-8-18-16(13-10-19-20(4-2)11-13)12-21-15-7-5-6-14(17)9-15/h5-7,9-11,16,18H,3-4,8,12H2,1-2H3. The van der Waals surface area contributed by atoms with Gasteiger partial charge in [-0.15, -0.1) is 11.8 Å². The van der Waals surface area contributed by atoms with Crippen molar-refractivity contribution < 1.29 is 0 Å². The first-order valence-electron chi connectivity index (χ1n) is 7.37. The van der Waals surface area contributed by atoms with Crippen LogP contribution in [0.1, 0.15) is 31.9 Å². The number of thioether (sulfide) groups is 1. The first-order valence-corrected chi connectivity index (χ1v) is 8.73. The second kappa shape index (κ2) is 8.47. The van der Waals surface area contributed by atoms with Gasteiger partial charge >= 0.3 is 0 Å². The Morgan fingerprint density at radius 2 is 2.24 bits per heavy atom. The highest BCUT2D eigenvalue weighted by atomic mass is 35.5. The van der Waals surface area contributed by atoms with E-state index in [-0.39, 0.29) is 0 Å². The predicted molar refractivity (Wildman–Crippen MR) is 91.1 cm³/mol. The molecule has 0 saturated carbocycles. The number of nitrogens with one attached hydrogen (secondary N) is 1. The highest BCUT2D eigenvalue weighted by molar-refractivity contribution is 7.99. The van der Waals surface area contributed by atoms with Crippen LogP contribution in [0.3, 0.4) is 0 Å². The maximum atomic E-state index is 6.04. The van der Waals surface area contributed by atoms with Crippen LogP contribution in [0.4, 0.5) is 0 Å². The Bertz CT molecular complexity index is 556. The fraction of sp³-hybridized carbons (Fsp3) is 0.438. The molecule has 1 atom stereocenters. The molecular weight excluding hydrogens is 302 g/mol. The summed E-state index contributed by atoms with van der Waals surface area (Å²) in [4.78, 5) is 1.20. The van der Waals surface area contributed by atoms with Crippen molar-refractivity contribution in [1.82, 2.24) is 15.1 Å². The molecule has 0 aliphatic heterocycles. The molecule has 0 aliphatic carbocycles. The zero-order valence-corrected chi connectivity index (χ0v) is 14.1. The number of hydrogen-bond donors (Lipinski definition) is 1. The Hall–Kier alpha value is -0.970. The summed E-state index contributed by atoms with van der Waals surface area (Å²) in [6.45, 7) is 6.20. The highest BCUT2D eigenvalue weighted by Crippen LogP contribution is 2.26. The third-order valence-electron chi connectivity index (χ3n) is 3.23. The number of aryl methyl sites for hydroxylation is 1. The van der Waals surface area contributed by atoms with Gasteiger partial charge in [0.1, 0.15) is 0 Å². The van der Waals surface area contributed by atoms with Crippen molar-refractivity contribution in [1.29, 1.82) is 0 Å². The van der Waals surface area contributed by atoms with E-state index in [9.17, 15) is 0 Å². The minimum Gasteiger partial charge on any atom is -0.309 e. The molecule has 1 heterocycles. The lowest BCUT2D eigenvalue weighted by Gasteiger charge is -2.16. The van der Waals surface area contributed by atoms with Crippen molar-refractivity contribution in [3.8, 4) is 0 Å². The molecule has 0 spiro atoms. The summed E-state index contributed by atoms with van der Waals surface area (Å²) in [5, 5.41) is 8.77. The van der Waals surface area contributed by atoms with Crippen molar-refractivity contribution in [3.63, 3.8) is 0 Å². The van der Waals surface area contributed by atoms with Crippen molar-refractivity contribution in [2.24, 2.45) is 0 Å². The average Bonchev–Trinajstić information content (AvgIpc) is 2.96. The van der Waals surface area contributed by atoms with E-state index in [1.54, 1.807) is 0 Å². The molecule has 1 aromatic carbocycles. The summed E-state index contributed by atoms with van der Waals surface area (Å²) in [7, 11) is 0. The smallest absolute Gasteiger partial charge is 0.0537 e. The van der Waals surface area contributed by atoms with E-state index in [1.165, 1.54) is 10.5 Å². The zero-order chi connectivity index (χ0) is 15.1. The Morgan fingerprint density at radius 3 is 2.90 bits per heavy atom. The van der Waals surface area contributed by atoms with Crippen LogP contribution >= 0.6 is 23.4 Å². The lowest BCUT2D eigenvalue weighted by molar-refractivity contribution is 0.575. The third kappa shape index (κ3) is 5.06. The van der Waals surface area contributed by atoms with Crippen LogP contribution < -0.4 is 5.32 Å². The van der Waals surface area contributed by atoms with Gasteiger partial charge < -0.3 is 5.32 Å². The molecule has 1 aromatic heterocycles. The van der Waals surface area contributed by atoms with Crippen LogP contribution in [0.15, 0.2) is 41.6 Å². The zero-order valence-electron chi connectivity index (χ0n) is 12.6. The van der Waals surface area contributed by atoms with Crippen molar-refractivity contribution in [2.75, 3.05) is 12.3 Å². The lowest BCUT2D eigenvalue weighted by Crippen LogP contribution is -2.23. The third-order valence-corrected chi connectivity index (χ3v) is 4.56. The Labute approximate surface area is 136 Å². The minimum absolute atomic E-state index is 0.314. The first kappa shape index (κ1) is 16.4. The number of benzene rings is 1. The maximum Gasteiger partial charge on any atom is 0.0537 e. The fourth-order valence-corrected chi connectivity index (χ4v) is 3.37. The van der Waals surface area contributed by atoms with Crippen LogP contribution in [0.25, 0.3) is 0 Å². The normalized spacial score (nSPS) is 12.5. The molecule has 1 unspecified atom stereocenters. The molecule has 1 N–H and O–H groups in total. The van der Waals surface area contributed by atoms with Gasteiger partial charge in [0.15, 0.2) is 0 Å². The molecule has 21 heavy (non-hydrogen) atoms. The van der Waals surface area contributed by atoms with Crippen molar-refractivity contribution in [2.45, 2.75) is 37.8 Å². The largest absolute Gasteiger partial charge is 0.309 e. The summed E-state index contributed by atoms with van der Waals surface area (Å²) in [5.74, 6) is 0.968. The highest BCUT2D eigenvalue weighted by Gasteiger charge is 2.13. The van der Waals surface area contributed by atoms with Gasteiger partial charge in [-0.3, -0.25) is 4.68 Å². The van der Waals surface area contributed by atoms with Gasteiger partial charge in [-0.2, -0.15) is 5.10 Å². The topological polar surface area (TPSA) is 29.9 Å². The van der Waals surface area contributed by atoms with Crippen LogP contribution in [0.2, 0.25) is 5.02 Å². The molecule has 0 saturated heterocycles. The minimum atomic E-state index is 0.314. The van der Waals surface area contributed by atoms with Gasteiger partial charge in [-0.1, -0.05) is 24.6 Å². The molecule has 2 rings (SSSR count). The number of rotatable bonds is 8. The molecule has 0 bridgehead atoms. The lowest BCUT2D eigenvalue weighted by atomic mass is 10.2. The molecule has 3 nitrogen and oxygen atoms in total. The van der Waals surface area contributed by atoms with E-state index in [1.807, 2.05) is 40.8 Å². The van der Waals surface area contributed by atoms with Crippen LogP contribution in [0, 0.1) is 0 Å². The van der Waals surface area contributed by atoms with E-state index in [0.717, 1.165) is 30.3 Å². The maximum absolute atomic E-state index is 6.04. The predicted octanol–water partition coefficient (Wildman–Crippen LogP) is 4.39. The Kier molecular flexibility index (Phi) is 6.61. The first-order chi connectivity index (χ1) is 10.2. The quantitative estimate of drug-likeness (QED) is 0.731. The van der Waals surface area contributed by atoms with Crippen molar-refractivity contribution >= 4 is 23.4 Å². The van der Waals surface area contributed by atoms with E-state index in [2.05, 4.69) is 36.5 Å². The number of nitrogens with zero attached hydrogens (tertiary/aromatic N) is 2. The number of halogens is 1. The van der Waals surface area contributed by atoms with Gasteiger partial charge in [0.2, 0.25) is 0 Å². The van der Waals surface area contributed by atoms with E-state index < -0.39 is 0 Å². The van der Waals surface area contributed by atoms with Gasteiger partial charge in [0.05, 0.1) is 6.20 Å². The molecule has 114 valence electrons. The summed E-state index contributed by atoms with van der Waals surface area (Å²) < 4.78 is 1.97. The van der Waals surface area contributed by atoms with E-state index >= 15 is 0 Å². The Balaban J connectivity index is 2.02. The van der Waals surface area contributed by atoms with E-state index in [4.69, 9.17) is 11.6 Å². The summed E-state index contributed by atoms with van der Waals surface area (Å²) in [6, 6.07) is 8.33. The molecule has 2 aromatic rings. The van der Waals surface area contributed by atoms with Gasteiger partial charge in [-0.05, 0) is 38.1 Å². The van der Waals surface area contributed by atoms with Gasteiger partial charge in [0, 0.05) is 40.0 Å². The van der Waals surface area contributed by atoms with Crippen molar-refractivity contribution in [3.05, 3.63) is 47.2 Å². The van der Waals surface area contributed by atoms with Crippen LogP contribution in [-0.4, -0.2) is 22.1 Å². The Morgan fingerprint density at radius 1 is 1.38 bits per heavy atom. The summed E-state index contributed by atoms with van der Waals surface area (Å²) >= 11 is 7.86. The number of aromatic nitrogens is 2. The monoisotopic (exact) mass is 323 g/mol. The summed E-state index contributed by atoms with van der Waals surface area (Å²) in [5.41, 5.74) is 1.25. The number of hydrogen-bond acceptors (Lipinski definition) is 3. The van der Waals surface area contributed by atoms with E-state index in [0.29, 0.717) is 6.04 Å². The second-order valence-electron chi connectivity index (χ2n) is 4.90. The van der Waals surface area contributed by atoms with Crippen LogP contribution in [0.5, 0.6) is 0 Å². The molecule has 0 radical (unpaired) electrons. The molecule has 0 fully saturated rings. The SMILES string of the molecule is CCCNC(CSc1cccc(Cl)c1)c1cnn(CC)c1. The van der Waals surface area contributed by atoms with Gasteiger partial charge in [0.25, 0.3) is 0 Å². The second-order valence-corrected chi connectivity index (χ2v) is 6.43. The molecule has 0 aliphatic rings. The van der Waals surface area contributed by atoms with Crippen LogP contribution in [-0.2, 0) is 6.54 Å². The summed E-state index contributed by atoms with van der Waals surface area (Å²) in [6.07, 6.45) is 5.22. The average molecular weight is 324 g/mol.